The molecule has 0 aliphatic heterocycles. The van der Waals surface area contributed by atoms with Crippen molar-refractivity contribution in [1.29, 1.82) is 5.26 Å². The maximum absolute atomic E-state index is 13.3. The topological polar surface area (TPSA) is 118 Å². The lowest BCUT2D eigenvalue weighted by Crippen LogP contribution is -2.33. The number of nitrogens with one attached hydrogen (secondary N) is 1. The van der Waals surface area contributed by atoms with Crippen LogP contribution in [-0.2, 0) is 9.59 Å². The van der Waals surface area contributed by atoms with Gasteiger partial charge in [0.05, 0.1) is 10.2 Å². The molecule has 31 heavy (non-hydrogen) atoms. The SMILES string of the molecule is CC(=O)Nc1ccc(/C=c2\s/c(=C(/C#N)C(N)=O)n(-c3cc(C)ccc3C)c2=O)cc1. The molecule has 0 saturated heterocycles. The van der Waals surface area contributed by atoms with E-state index in [4.69, 9.17) is 5.73 Å². The van der Waals surface area contributed by atoms with Crippen LogP contribution in [0, 0.1) is 25.2 Å². The summed E-state index contributed by atoms with van der Waals surface area (Å²) in [6.45, 7) is 5.17. The van der Waals surface area contributed by atoms with E-state index in [1.54, 1.807) is 30.3 Å². The molecule has 0 saturated carbocycles. The fraction of sp³-hybridized carbons (Fsp3) is 0.130. The zero-order chi connectivity index (χ0) is 22.7. The summed E-state index contributed by atoms with van der Waals surface area (Å²) in [5, 5.41) is 12.2. The van der Waals surface area contributed by atoms with Crippen LogP contribution in [0.3, 0.4) is 0 Å². The largest absolute Gasteiger partial charge is 0.365 e. The Hall–Kier alpha value is -3.96. The van der Waals surface area contributed by atoms with Crippen molar-refractivity contribution in [2.24, 2.45) is 5.73 Å². The van der Waals surface area contributed by atoms with Gasteiger partial charge in [-0.25, -0.2) is 0 Å². The molecule has 0 atom stereocenters. The van der Waals surface area contributed by atoms with Crippen LogP contribution in [-0.4, -0.2) is 16.4 Å². The van der Waals surface area contributed by atoms with Crippen molar-refractivity contribution < 1.29 is 9.59 Å². The van der Waals surface area contributed by atoms with E-state index in [1.807, 2.05) is 38.1 Å². The third-order valence-electron chi connectivity index (χ3n) is 4.53. The minimum atomic E-state index is -0.894. The Morgan fingerprint density at radius 2 is 1.84 bits per heavy atom. The summed E-state index contributed by atoms with van der Waals surface area (Å²) >= 11 is 1.03. The van der Waals surface area contributed by atoms with Gasteiger partial charge < -0.3 is 11.1 Å². The van der Waals surface area contributed by atoms with Gasteiger partial charge in [-0.3, -0.25) is 19.0 Å². The predicted molar refractivity (Wildman–Crippen MR) is 121 cm³/mol. The standard InChI is InChI=1S/C23H20N4O3S/c1-13-4-5-14(2)19(10-13)27-22(30)20(31-23(27)18(12-24)21(25)29)11-16-6-8-17(9-7-16)26-15(3)28/h4-11H,1-3H3,(H2,25,29)(H,26,28)/b20-11-,23-18-. The number of aryl methyl sites for hydroxylation is 2. The fourth-order valence-electron chi connectivity index (χ4n) is 3.05. The summed E-state index contributed by atoms with van der Waals surface area (Å²) in [5.74, 6) is -1.07. The number of aromatic nitrogens is 1. The molecule has 0 unspecified atom stereocenters. The Bertz CT molecular complexity index is 1410. The van der Waals surface area contributed by atoms with Crippen molar-refractivity contribution in [1.82, 2.24) is 4.57 Å². The Kier molecular flexibility index (Phi) is 6.18. The van der Waals surface area contributed by atoms with Gasteiger partial charge in [-0.05, 0) is 54.8 Å². The molecular weight excluding hydrogens is 412 g/mol. The molecule has 1 aromatic heterocycles. The summed E-state index contributed by atoms with van der Waals surface area (Å²) in [5.41, 5.74) is 8.49. The lowest BCUT2D eigenvalue weighted by Gasteiger charge is -2.08. The molecule has 1 heterocycles. The van der Waals surface area contributed by atoms with Gasteiger partial charge in [0, 0.05) is 12.6 Å². The van der Waals surface area contributed by atoms with Gasteiger partial charge in [0.1, 0.15) is 10.7 Å². The zero-order valence-electron chi connectivity index (χ0n) is 17.2. The highest BCUT2D eigenvalue weighted by Gasteiger charge is 2.16. The second-order valence-corrected chi connectivity index (χ2v) is 8.03. The second kappa shape index (κ2) is 8.81. The van der Waals surface area contributed by atoms with E-state index >= 15 is 0 Å². The summed E-state index contributed by atoms with van der Waals surface area (Å²) < 4.78 is 1.90. The number of carbonyl (C=O) groups is 2. The van der Waals surface area contributed by atoms with Crippen molar-refractivity contribution in [2.75, 3.05) is 5.32 Å². The highest BCUT2D eigenvalue weighted by atomic mass is 32.1. The van der Waals surface area contributed by atoms with Crippen molar-refractivity contribution in [3.8, 4) is 11.8 Å². The summed E-state index contributed by atoms with van der Waals surface area (Å²) in [6, 6.07) is 14.4. The number of nitrogens with two attached hydrogens (primary N) is 1. The van der Waals surface area contributed by atoms with E-state index < -0.39 is 5.91 Å². The second-order valence-electron chi connectivity index (χ2n) is 7.00. The van der Waals surface area contributed by atoms with Crippen LogP contribution >= 0.6 is 11.3 Å². The van der Waals surface area contributed by atoms with Crippen molar-refractivity contribution in [3.63, 3.8) is 0 Å². The summed E-state index contributed by atoms with van der Waals surface area (Å²) in [6.07, 6.45) is 1.67. The third-order valence-corrected chi connectivity index (χ3v) is 5.62. The molecule has 0 aliphatic carbocycles. The van der Waals surface area contributed by atoms with Crippen LogP contribution < -0.4 is 25.8 Å². The van der Waals surface area contributed by atoms with Gasteiger partial charge in [-0.15, -0.1) is 11.3 Å². The molecule has 2 aromatic carbocycles. The van der Waals surface area contributed by atoms with Crippen molar-refractivity contribution in [2.45, 2.75) is 20.8 Å². The molecule has 0 spiro atoms. The number of primary amides is 1. The Morgan fingerprint density at radius 3 is 2.42 bits per heavy atom. The molecule has 0 fully saturated rings. The minimum absolute atomic E-state index is 0.179. The monoisotopic (exact) mass is 432 g/mol. The van der Waals surface area contributed by atoms with Gasteiger partial charge in [0.15, 0.2) is 5.57 Å². The quantitative estimate of drug-likeness (QED) is 0.649. The molecule has 7 nitrogen and oxygen atoms in total. The number of thiazole rings is 1. The maximum Gasteiger partial charge on any atom is 0.273 e. The highest BCUT2D eigenvalue weighted by Crippen LogP contribution is 2.14. The van der Waals surface area contributed by atoms with Crippen LogP contribution in [0.15, 0.2) is 47.3 Å². The van der Waals surface area contributed by atoms with Gasteiger partial charge in [0.25, 0.3) is 11.5 Å². The highest BCUT2D eigenvalue weighted by molar-refractivity contribution is 7.07. The molecule has 3 N–H and O–H groups in total. The Morgan fingerprint density at radius 1 is 1.16 bits per heavy atom. The number of amides is 2. The Balaban J connectivity index is 2.31. The number of hydrogen-bond acceptors (Lipinski definition) is 5. The number of hydrogen-bond donors (Lipinski definition) is 2. The first-order chi connectivity index (χ1) is 14.7. The molecule has 0 radical (unpaired) electrons. The number of anilines is 1. The van der Waals surface area contributed by atoms with Crippen molar-refractivity contribution >= 4 is 40.5 Å². The molecule has 3 rings (SSSR count). The van der Waals surface area contributed by atoms with E-state index in [-0.39, 0.29) is 21.7 Å². The van der Waals surface area contributed by atoms with Crippen LogP contribution in [0.4, 0.5) is 5.69 Å². The minimum Gasteiger partial charge on any atom is -0.365 e. The maximum atomic E-state index is 13.3. The molecule has 0 bridgehead atoms. The molecule has 8 heteroatoms. The van der Waals surface area contributed by atoms with E-state index in [9.17, 15) is 19.6 Å². The fourth-order valence-corrected chi connectivity index (χ4v) is 4.16. The van der Waals surface area contributed by atoms with E-state index in [1.165, 1.54) is 11.5 Å². The normalized spacial score (nSPS) is 12.3. The van der Waals surface area contributed by atoms with Crippen LogP contribution in [0.25, 0.3) is 17.3 Å². The smallest absolute Gasteiger partial charge is 0.273 e. The first-order valence-corrected chi connectivity index (χ1v) is 10.2. The lowest BCUT2D eigenvalue weighted by molar-refractivity contribution is -0.114. The van der Waals surface area contributed by atoms with Gasteiger partial charge in [0.2, 0.25) is 5.91 Å². The first-order valence-electron chi connectivity index (χ1n) is 9.34. The number of nitrogens with zero attached hydrogens (tertiary/aromatic N) is 2. The van der Waals surface area contributed by atoms with Crippen LogP contribution in [0.1, 0.15) is 23.6 Å². The van der Waals surface area contributed by atoms with E-state index in [0.29, 0.717) is 15.9 Å². The molecule has 156 valence electrons. The van der Waals surface area contributed by atoms with Gasteiger partial charge >= 0.3 is 0 Å². The average molecular weight is 433 g/mol. The predicted octanol–water partition coefficient (Wildman–Crippen LogP) is 1.46. The number of nitriles is 1. The molecule has 2 amide bonds. The zero-order valence-corrected chi connectivity index (χ0v) is 18.0. The van der Waals surface area contributed by atoms with Gasteiger partial charge in [-0.1, -0.05) is 24.3 Å². The third kappa shape index (κ3) is 4.63. The van der Waals surface area contributed by atoms with Crippen LogP contribution in [0.2, 0.25) is 0 Å². The Labute approximate surface area is 182 Å². The van der Waals surface area contributed by atoms with E-state index in [2.05, 4.69) is 5.32 Å². The molecule has 0 aliphatic rings. The number of benzene rings is 2. The average Bonchev–Trinajstić information content (AvgIpc) is 3.01. The van der Waals surface area contributed by atoms with E-state index in [0.717, 1.165) is 28.0 Å². The number of rotatable bonds is 4. The molecule has 3 aromatic rings. The van der Waals surface area contributed by atoms with Gasteiger partial charge in [-0.2, -0.15) is 5.26 Å². The lowest BCUT2D eigenvalue weighted by atomic mass is 10.1. The van der Waals surface area contributed by atoms with Crippen molar-refractivity contribution in [3.05, 3.63) is 78.7 Å². The number of carbonyl (C=O) groups excluding carboxylic acids is 2. The van der Waals surface area contributed by atoms with Crippen LogP contribution in [0.5, 0.6) is 0 Å². The summed E-state index contributed by atoms with van der Waals surface area (Å²) in [4.78, 5) is 36.4. The summed E-state index contributed by atoms with van der Waals surface area (Å²) in [7, 11) is 0. The molecular formula is C23H20N4O3S. The first kappa shape index (κ1) is 21.7.